The quantitative estimate of drug-likeness (QED) is 0.124. The van der Waals surface area contributed by atoms with Crippen molar-refractivity contribution >= 4 is 18.9 Å². The van der Waals surface area contributed by atoms with Crippen LogP contribution in [0, 0.1) is 0 Å². The molecule has 1 aromatic heterocycles. The zero-order chi connectivity index (χ0) is 26.3. The van der Waals surface area contributed by atoms with E-state index in [9.17, 15) is 17.3 Å². The Morgan fingerprint density at radius 2 is 0.946 bits per heavy atom. The van der Waals surface area contributed by atoms with Gasteiger partial charge in [-0.2, -0.15) is 4.57 Å². The van der Waals surface area contributed by atoms with E-state index in [-0.39, 0.29) is 0 Å². The molecule has 0 radical (unpaired) electrons. The van der Waals surface area contributed by atoms with Crippen LogP contribution in [0.4, 0.5) is 17.3 Å². The van der Waals surface area contributed by atoms with Gasteiger partial charge in [-0.05, 0) is 47.5 Å². The lowest BCUT2D eigenvalue weighted by atomic mass is 9.98. The fourth-order valence-corrected chi connectivity index (χ4v) is 4.28. The monoisotopic (exact) mass is 519 g/mol. The van der Waals surface area contributed by atoms with Gasteiger partial charge in [0.05, 0.1) is 0 Å². The van der Waals surface area contributed by atoms with Crippen LogP contribution < -0.4 is 4.57 Å². The van der Waals surface area contributed by atoms with Crippen LogP contribution in [-0.2, 0) is 6.54 Å². The second-order valence-corrected chi connectivity index (χ2v) is 8.76. The van der Waals surface area contributed by atoms with Crippen molar-refractivity contribution in [1.29, 1.82) is 0 Å². The van der Waals surface area contributed by atoms with Crippen LogP contribution in [0.5, 0.6) is 0 Å². The van der Waals surface area contributed by atoms with Crippen LogP contribution in [0.3, 0.4) is 0 Å². The Labute approximate surface area is 218 Å². The number of nitrogens with zero attached hydrogens (tertiary/aromatic N) is 1. The van der Waals surface area contributed by atoms with Crippen molar-refractivity contribution in [1.82, 2.24) is 0 Å². The average molecular weight is 520 g/mol. The van der Waals surface area contributed by atoms with Crippen molar-refractivity contribution in [3.05, 3.63) is 138 Å². The molecule has 0 saturated carbocycles. The van der Waals surface area contributed by atoms with Gasteiger partial charge >= 0.3 is 7.25 Å². The van der Waals surface area contributed by atoms with E-state index in [4.69, 9.17) is 11.6 Å². The molecular formula is C30H23BClF4N. The number of aromatic nitrogens is 1. The molecule has 0 aliphatic rings. The molecular weight excluding hydrogens is 497 g/mol. The first-order valence-electron chi connectivity index (χ1n) is 11.6. The Kier molecular flexibility index (Phi) is 8.41. The maximum absolute atomic E-state index is 9.75. The molecule has 1 nitrogen and oxygen atoms in total. The summed E-state index contributed by atoms with van der Waals surface area (Å²) in [5.74, 6) is 0. The first kappa shape index (κ1) is 26.2. The first-order chi connectivity index (χ1) is 17.8. The minimum Gasteiger partial charge on any atom is -0.418 e. The lowest BCUT2D eigenvalue weighted by molar-refractivity contribution is -0.666. The molecule has 7 heteroatoms. The van der Waals surface area contributed by atoms with Crippen molar-refractivity contribution < 1.29 is 21.8 Å². The third kappa shape index (κ3) is 7.54. The maximum Gasteiger partial charge on any atom is 0.673 e. The lowest BCUT2D eigenvalue weighted by Gasteiger charge is -2.13. The van der Waals surface area contributed by atoms with Crippen LogP contribution in [0.15, 0.2) is 127 Å². The smallest absolute Gasteiger partial charge is 0.418 e. The van der Waals surface area contributed by atoms with Crippen LogP contribution in [0.1, 0.15) is 5.56 Å². The highest BCUT2D eigenvalue weighted by molar-refractivity contribution is 6.50. The maximum atomic E-state index is 9.75. The van der Waals surface area contributed by atoms with Gasteiger partial charge in [-0.25, -0.2) is 0 Å². The average Bonchev–Trinajstić information content (AvgIpc) is 2.89. The van der Waals surface area contributed by atoms with E-state index in [1.54, 1.807) is 0 Å². The summed E-state index contributed by atoms with van der Waals surface area (Å²) in [5.41, 5.74) is 8.24. The molecule has 1 heterocycles. The van der Waals surface area contributed by atoms with Gasteiger partial charge in [0.25, 0.3) is 0 Å². The molecule has 0 spiro atoms. The minimum atomic E-state index is -6.00. The summed E-state index contributed by atoms with van der Waals surface area (Å²) in [6.45, 7) is 0.783. The second-order valence-electron chi connectivity index (χ2n) is 8.32. The van der Waals surface area contributed by atoms with Crippen molar-refractivity contribution in [2.75, 3.05) is 0 Å². The van der Waals surface area contributed by atoms with Gasteiger partial charge in [-0.3, -0.25) is 0 Å². The molecule has 0 aliphatic heterocycles. The number of hydrogen-bond donors (Lipinski definition) is 0. The molecule has 0 fully saturated rings. The minimum absolute atomic E-state index is 0.742. The zero-order valence-corrected chi connectivity index (χ0v) is 20.5. The molecule has 0 atom stereocenters. The highest BCUT2D eigenvalue weighted by Gasteiger charge is 2.23. The van der Waals surface area contributed by atoms with E-state index < -0.39 is 7.25 Å². The van der Waals surface area contributed by atoms with E-state index in [1.165, 1.54) is 28.1 Å². The van der Waals surface area contributed by atoms with Gasteiger partial charge in [-0.1, -0.05) is 90.5 Å². The summed E-state index contributed by atoms with van der Waals surface area (Å²) in [6.07, 6.45) is 0. The predicted octanol–water partition coefficient (Wildman–Crippen LogP) is 8.98. The van der Waals surface area contributed by atoms with Crippen LogP contribution in [0.2, 0.25) is 5.02 Å². The number of benzene rings is 4. The van der Waals surface area contributed by atoms with Gasteiger partial charge in [0, 0.05) is 33.8 Å². The van der Waals surface area contributed by atoms with Crippen LogP contribution >= 0.6 is 11.6 Å². The highest BCUT2D eigenvalue weighted by Crippen LogP contribution is 2.30. The van der Waals surface area contributed by atoms with E-state index in [0.717, 1.165) is 22.7 Å². The van der Waals surface area contributed by atoms with Gasteiger partial charge in [0.2, 0.25) is 11.4 Å². The molecule has 5 aromatic rings. The van der Waals surface area contributed by atoms with Crippen LogP contribution in [-0.4, -0.2) is 7.25 Å². The number of halogens is 5. The molecule has 0 aliphatic carbocycles. The molecule has 0 saturated heterocycles. The molecule has 5 rings (SSSR count). The molecule has 37 heavy (non-hydrogen) atoms. The summed E-state index contributed by atoms with van der Waals surface area (Å²) >= 11 is 6.34. The summed E-state index contributed by atoms with van der Waals surface area (Å²) in [6, 6.07) is 44.4. The third-order valence-corrected chi connectivity index (χ3v) is 5.88. The van der Waals surface area contributed by atoms with Gasteiger partial charge in [0.1, 0.15) is 0 Å². The Morgan fingerprint density at radius 3 is 1.41 bits per heavy atom. The number of hydrogen-bond acceptors (Lipinski definition) is 0. The van der Waals surface area contributed by atoms with Gasteiger partial charge in [0.15, 0.2) is 6.54 Å². The predicted molar refractivity (Wildman–Crippen MR) is 144 cm³/mol. The fraction of sp³-hybridized carbons (Fsp3) is 0.0333. The first-order valence-corrected chi connectivity index (χ1v) is 12.0. The second kappa shape index (κ2) is 11.9. The molecule has 0 amide bonds. The topological polar surface area (TPSA) is 3.88 Å². The summed E-state index contributed by atoms with van der Waals surface area (Å²) in [5, 5.41) is 0.742. The Bertz CT molecular complexity index is 1380. The van der Waals surface area contributed by atoms with Crippen molar-refractivity contribution in [3.8, 4) is 33.6 Å². The Balaban J connectivity index is 0.000000586. The summed E-state index contributed by atoms with van der Waals surface area (Å²) in [4.78, 5) is 0. The zero-order valence-electron chi connectivity index (χ0n) is 19.7. The summed E-state index contributed by atoms with van der Waals surface area (Å²) < 4.78 is 41.4. The van der Waals surface area contributed by atoms with E-state index >= 15 is 0 Å². The standard InChI is InChI=1S/C30H23ClN.BF4/c31-28-18-10-17-26(19-28)27-20-29(24-13-6-2-7-14-24)32(22-23-11-4-1-5-12-23)30(21-27)25-15-8-3-9-16-25;2-1(3,4)5/h1-21H,22H2;/q+1;-1. The Morgan fingerprint density at radius 1 is 0.514 bits per heavy atom. The third-order valence-electron chi connectivity index (χ3n) is 5.65. The van der Waals surface area contributed by atoms with E-state index in [2.05, 4.69) is 114 Å². The Hall–Kier alpha value is -3.90. The van der Waals surface area contributed by atoms with E-state index in [0.29, 0.717) is 0 Å². The molecule has 0 N–H and O–H groups in total. The summed E-state index contributed by atoms with van der Waals surface area (Å²) in [7, 11) is -6.00. The van der Waals surface area contributed by atoms with Crippen molar-refractivity contribution in [2.24, 2.45) is 0 Å². The van der Waals surface area contributed by atoms with Gasteiger partial charge in [-0.15, -0.1) is 0 Å². The van der Waals surface area contributed by atoms with Crippen molar-refractivity contribution in [2.45, 2.75) is 6.54 Å². The van der Waals surface area contributed by atoms with Crippen molar-refractivity contribution in [3.63, 3.8) is 0 Å². The molecule has 0 unspecified atom stereocenters. The fourth-order valence-electron chi connectivity index (χ4n) is 4.09. The SMILES string of the molecule is Clc1cccc(-c2cc(-c3ccccc3)[n+](Cc3ccccc3)c(-c3ccccc3)c2)c1.F[B-](F)(F)F. The lowest BCUT2D eigenvalue weighted by Crippen LogP contribution is -2.39. The molecule has 0 bridgehead atoms. The highest BCUT2D eigenvalue weighted by atomic mass is 35.5. The number of rotatable bonds is 5. The molecule has 186 valence electrons. The van der Waals surface area contributed by atoms with Gasteiger partial charge < -0.3 is 17.3 Å². The van der Waals surface area contributed by atoms with Crippen LogP contribution in [0.25, 0.3) is 33.6 Å². The number of pyridine rings is 1. The van der Waals surface area contributed by atoms with E-state index in [1.807, 2.05) is 18.2 Å². The normalized spacial score (nSPS) is 10.9. The largest absolute Gasteiger partial charge is 0.673 e. The molecule has 4 aromatic carbocycles.